The minimum absolute atomic E-state index is 0.0610. The number of hydrogen-bond acceptors (Lipinski definition) is 4. The Hall–Kier alpha value is -2.96. The van der Waals surface area contributed by atoms with Gasteiger partial charge in [-0.25, -0.2) is 9.18 Å². The molecule has 0 radical (unpaired) electrons. The van der Waals surface area contributed by atoms with E-state index < -0.39 is 17.6 Å². The quantitative estimate of drug-likeness (QED) is 0.263. The van der Waals surface area contributed by atoms with Crippen molar-refractivity contribution in [1.29, 1.82) is 0 Å². The molecule has 7 heteroatoms. The average Bonchev–Trinajstić information content (AvgIpc) is 3.00. The van der Waals surface area contributed by atoms with E-state index in [1.165, 1.54) is 42.5 Å². The predicted octanol–water partition coefficient (Wildman–Crippen LogP) is 6.08. The summed E-state index contributed by atoms with van der Waals surface area (Å²) in [6.07, 6.45) is 1.26. The minimum Gasteiger partial charge on any atom is -0.452 e. The third-order valence-corrected chi connectivity index (χ3v) is 5.24. The van der Waals surface area contributed by atoms with Crippen LogP contribution in [0.3, 0.4) is 0 Å². The second-order valence-electron chi connectivity index (χ2n) is 6.10. The van der Waals surface area contributed by atoms with Crippen molar-refractivity contribution in [3.63, 3.8) is 0 Å². The molecule has 4 nitrogen and oxygen atoms in total. The van der Waals surface area contributed by atoms with Crippen molar-refractivity contribution in [2.24, 2.45) is 0 Å². The van der Waals surface area contributed by atoms with Crippen LogP contribution in [0, 0.1) is 5.82 Å². The smallest absolute Gasteiger partial charge is 0.344 e. The van der Waals surface area contributed by atoms with Gasteiger partial charge in [0.2, 0.25) is 5.78 Å². The first-order chi connectivity index (χ1) is 13.9. The molecule has 0 bridgehead atoms. The molecule has 0 aromatic heterocycles. The zero-order valence-corrected chi connectivity index (χ0v) is 17.0. The number of rotatable bonds is 3. The van der Waals surface area contributed by atoms with E-state index in [1.807, 2.05) is 0 Å². The maximum absolute atomic E-state index is 14.0. The van der Waals surface area contributed by atoms with Crippen LogP contribution in [0.2, 0.25) is 5.02 Å². The van der Waals surface area contributed by atoms with Crippen LogP contribution >= 0.6 is 27.5 Å². The van der Waals surface area contributed by atoms with Gasteiger partial charge in [-0.3, -0.25) is 4.79 Å². The average molecular weight is 474 g/mol. The number of carbonyl (C=O) groups excluding carboxylic acids is 2. The fourth-order valence-electron chi connectivity index (χ4n) is 2.80. The predicted molar refractivity (Wildman–Crippen MR) is 110 cm³/mol. The zero-order chi connectivity index (χ0) is 20.5. The highest BCUT2D eigenvalue weighted by molar-refractivity contribution is 9.10. The molecule has 3 aromatic carbocycles. The van der Waals surface area contributed by atoms with Crippen LogP contribution < -0.4 is 9.47 Å². The zero-order valence-electron chi connectivity index (χ0n) is 14.6. The summed E-state index contributed by atoms with van der Waals surface area (Å²) in [5.74, 6) is -1.19. The van der Waals surface area contributed by atoms with Crippen LogP contribution in [-0.2, 0) is 0 Å². The lowest BCUT2D eigenvalue weighted by Crippen LogP contribution is -2.09. The lowest BCUT2D eigenvalue weighted by molar-refractivity contribution is 0.0733. The number of fused-ring (bicyclic) bond motifs is 1. The van der Waals surface area contributed by atoms with Crippen molar-refractivity contribution < 1.29 is 23.5 Å². The molecule has 1 aliphatic heterocycles. The monoisotopic (exact) mass is 472 g/mol. The molecule has 0 saturated heterocycles. The van der Waals surface area contributed by atoms with E-state index in [9.17, 15) is 14.0 Å². The van der Waals surface area contributed by atoms with Gasteiger partial charge in [0.25, 0.3) is 0 Å². The minimum atomic E-state index is -0.569. The van der Waals surface area contributed by atoms with Crippen LogP contribution in [0.5, 0.6) is 11.5 Å². The summed E-state index contributed by atoms with van der Waals surface area (Å²) in [5.41, 5.74) is 0.704. The molecular weight excluding hydrogens is 463 g/mol. The third kappa shape index (κ3) is 3.81. The lowest BCUT2D eigenvalue weighted by atomic mass is 10.1. The Morgan fingerprint density at radius 1 is 1.10 bits per heavy atom. The van der Waals surface area contributed by atoms with E-state index in [4.69, 9.17) is 21.1 Å². The van der Waals surface area contributed by atoms with Crippen molar-refractivity contribution in [2.45, 2.75) is 0 Å². The highest BCUT2D eigenvalue weighted by Gasteiger charge is 2.28. The van der Waals surface area contributed by atoms with Crippen molar-refractivity contribution in [3.05, 3.63) is 98.4 Å². The number of carbonyl (C=O) groups is 2. The standard InChI is InChI=1S/C22H11BrClFO4/c23-16-5-2-1-4-13(16)22(27)28-12-8-9-14-19(10-12)29-20(21(14)26)11-15-17(24)6-3-7-18(15)25/h1-11H. The topological polar surface area (TPSA) is 52.6 Å². The molecule has 1 aliphatic rings. The van der Waals surface area contributed by atoms with E-state index >= 15 is 0 Å². The molecule has 4 rings (SSSR count). The summed E-state index contributed by atoms with van der Waals surface area (Å²) >= 11 is 9.31. The van der Waals surface area contributed by atoms with Gasteiger partial charge in [-0.15, -0.1) is 0 Å². The van der Waals surface area contributed by atoms with Crippen molar-refractivity contribution in [2.75, 3.05) is 0 Å². The first-order valence-electron chi connectivity index (χ1n) is 8.43. The number of ketones is 1. The summed E-state index contributed by atoms with van der Waals surface area (Å²) in [4.78, 5) is 24.9. The first-order valence-corrected chi connectivity index (χ1v) is 9.60. The van der Waals surface area contributed by atoms with Gasteiger partial charge in [-0.2, -0.15) is 0 Å². The SMILES string of the molecule is O=C(Oc1ccc2c(c1)OC(=Cc1c(F)cccc1Cl)C2=O)c1ccccc1Br. The third-order valence-electron chi connectivity index (χ3n) is 4.22. The Morgan fingerprint density at radius 2 is 1.90 bits per heavy atom. The molecule has 3 aromatic rings. The van der Waals surface area contributed by atoms with Crippen LogP contribution in [0.4, 0.5) is 4.39 Å². The number of esters is 1. The van der Waals surface area contributed by atoms with E-state index in [0.29, 0.717) is 10.0 Å². The molecule has 0 saturated carbocycles. The van der Waals surface area contributed by atoms with E-state index in [0.717, 1.165) is 0 Å². The summed E-state index contributed by atoms with van der Waals surface area (Å²) in [5, 5.41) is 0.160. The first kappa shape index (κ1) is 19.4. The molecule has 0 unspecified atom stereocenters. The Morgan fingerprint density at radius 3 is 2.66 bits per heavy atom. The molecule has 0 spiro atoms. The second-order valence-corrected chi connectivity index (χ2v) is 7.36. The number of Topliss-reactive ketones (excluding diaryl/α,β-unsaturated/α-hetero) is 1. The number of hydrogen-bond donors (Lipinski definition) is 0. The van der Waals surface area contributed by atoms with E-state index in [-0.39, 0.29) is 33.4 Å². The number of ether oxygens (including phenoxy) is 2. The lowest BCUT2D eigenvalue weighted by Gasteiger charge is -2.07. The van der Waals surface area contributed by atoms with Gasteiger partial charge in [-0.05, 0) is 58.4 Å². The Labute approximate surface area is 178 Å². The van der Waals surface area contributed by atoms with Gasteiger partial charge >= 0.3 is 5.97 Å². The maximum atomic E-state index is 14.0. The van der Waals surface area contributed by atoms with Gasteiger partial charge < -0.3 is 9.47 Å². The number of benzene rings is 3. The van der Waals surface area contributed by atoms with Gasteiger partial charge in [-0.1, -0.05) is 29.8 Å². The van der Waals surface area contributed by atoms with Gasteiger partial charge in [0.05, 0.1) is 16.1 Å². The molecule has 0 fully saturated rings. The molecule has 0 atom stereocenters. The fourth-order valence-corrected chi connectivity index (χ4v) is 3.46. The summed E-state index contributed by atoms with van der Waals surface area (Å²) in [7, 11) is 0. The van der Waals surface area contributed by atoms with Crippen LogP contribution in [0.1, 0.15) is 26.3 Å². The maximum Gasteiger partial charge on any atom is 0.344 e. The molecule has 0 N–H and O–H groups in total. The molecule has 0 aliphatic carbocycles. The summed E-state index contributed by atoms with van der Waals surface area (Å²) < 4.78 is 25.5. The van der Waals surface area contributed by atoms with Crippen LogP contribution in [0.15, 0.2) is 70.9 Å². The molecule has 144 valence electrons. The highest BCUT2D eigenvalue weighted by atomic mass is 79.9. The molecule has 0 amide bonds. The number of halogens is 3. The van der Waals surface area contributed by atoms with Gasteiger partial charge in [0.15, 0.2) is 5.76 Å². The van der Waals surface area contributed by atoms with E-state index in [1.54, 1.807) is 24.3 Å². The van der Waals surface area contributed by atoms with Crippen LogP contribution in [-0.4, -0.2) is 11.8 Å². The van der Waals surface area contributed by atoms with Crippen molar-refractivity contribution in [3.8, 4) is 11.5 Å². The van der Waals surface area contributed by atoms with Gasteiger partial charge in [0, 0.05) is 16.1 Å². The largest absolute Gasteiger partial charge is 0.452 e. The molecule has 29 heavy (non-hydrogen) atoms. The number of allylic oxidation sites excluding steroid dienone is 1. The normalized spacial score (nSPS) is 13.9. The summed E-state index contributed by atoms with van der Waals surface area (Å²) in [6.45, 7) is 0. The summed E-state index contributed by atoms with van der Waals surface area (Å²) in [6, 6.07) is 15.5. The Bertz CT molecular complexity index is 1170. The Kier molecular flexibility index (Phi) is 5.22. The van der Waals surface area contributed by atoms with Gasteiger partial charge in [0.1, 0.15) is 17.3 Å². The van der Waals surface area contributed by atoms with Crippen LogP contribution in [0.25, 0.3) is 6.08 Å². The molecule has 1 heterocycles. The van der Waals surface area contributed by atoms with E-state index in [2.05, 4.69) is 15.9 Å². The molecular formula is C22H11BrClFO4. The van der Waals surface area contributed by atoms with Crippen molar-refractivity contribution >= 4 is 45.4 Å². The van der Waals surface area contributed by atoms with Crippen molar-refractivity contribution in [1.82, 2.24) is 0 Å². The highest BCUT2D eigenvalue weighted by Crippen LogP contribution is 2.36. The Balaban J connectivity index is 1.60. The fraction of sp³-hybridized carbons (Fsp3) is 0. The second kappa shape index (κ2) is 7.81.